The molecule has 0 spiro atoms. The smallest absolute Gasteiger partial charge is 0.267 e. The monoisotopic (exact) mass is 329 g/mol. The summed E-state index contributed by atoms with van der Waals surface area (Å²) in [6.45, 7) is -0.617. The first-order valence-electron chi connectivity index (χ1n) is 6.91. The van der Waals surface area contributed by atoms with Crippen LogP contribution in [0.4, 0.5) is 0 Å². The molecule has 0 N–H and O–H groups in total. The highest BCUT2D eigenvalue weighted by Crippen LogP contribution is 2.23. The zero-order chi connectivity index (χ0) is 16.4. The Morgan fingerprint density at radius 2 is 1.78 bits per heavy atom. The highest BCUT2D eigenvalue weighted by molar-refractivity contribution is 6.30. The summed E-state index contributed by atoms with van der Waals surface area (Å²) in [5.74, 6) is -1.09. The predicted octanol–water partition coefficient (Wildman–Crippen LogP) is 2.58. The van der Waals surface area contributed by atoms with Gasteiger partial charge in [0, 0.05) is 10.6 Å². The number of carbonyl (C=O) groups is 3. The zero-order valence-corrected chi connectivity index (χ0v) is 12.7. The number of hydrogen-bond acceptors (Lipinski definition) is 4. The van der Waals surface area contributed by atoms with Crippen LogP contribution in [0.15, 0.2) is 48.5 Å². The first-order valence-corrected chi connectivity index (χ1v) is 7.29. The molecule has 0 unspecified atom stereocenters. The van der Waals surface area contributed by atoms with E-state index in [-0.39, 0.29) is 24.5 Å². The maximum absolute atomic E-state index is 12.5. The van der Waals surface area contributed by atoms with Gasteiger partial charge in [-0.3, -0.25) is 19.3 Å². The molecule has 0 atom stereocenters. The number of carbonyl (C=O) groups excluding carboxylic acids is 3. The van der Waals surface area contributed by atoms with Gasteiger partial charge in [0.25, 0.3) is 11.8 Å². The van der Waals surface area contributed by atoms with E-state index < -0.39 is 11.8 Å². The lowest BCUT2D eigenvalue weighted by molar-refractivity contribution is -0.129. The van der Waals surface area contributed by atoms with Crippen molar-refractivity contribution in [1.82, 2.24) is 4.90 Å². The fraction of sp³-hybridized carbons (Fsp3) is 0.118. The van der Waals surface area contributed by atoms with E-state index in [4.69, 9.17) is 16.3 Å². The average molecular weight is 330 g/mol. The Morgan fingerprint density at radius 3 is 2.52 bits per heavy atom. The Bertz CT molecular complexity index is 785. The van der Waals surface area contributed by atoms with Crippen LogP contribution in [-0.4, -0.2) is 35.6 Å². The Balaban J connectivity index is 1.86. The summed E-state index contributed by atoms with van der Waals surface area (Å²) in [6, 6.07) is 12.9. The molecule has 116 valence electrons. The third kappa shape index (κ3) is 3.10. The second kappa shape index (κ2) is 6.22. The third-order valence-electron chi connectivity index (χ3n) is 3.48. The van der Waals surface area contributed by atoms with Crippen molar-refractivity contribution in [3.63, 3.8) is 0 Å². The lowest BCUT2D eigenvalue weighted by Gasteiger charge is -2.17. The number of nitrogens with zero attached hydrogens (tertiary/aromatic N) is 1. The van der Waals surface area contributed by atoms with E-state index in [9.17, 15) is 14.4 Å². The Morgan fingerprint density at radius 1 is 1.09 bits per heavy atom. The molecule has 0 bridgehead atoms. The van der Waals surface area contributed by atoms with E-state index in [2.05, 4.69) is 0 Å². The maximum Gasteiger partial charge on any atom is 0.267 e. The largest absolute Gasteiger partial charge is 0.483 e. The van der Waals surface area contributed by atoms with Crippen LogP contribution in [0.5, 0.6) is 5.75 Å². The fourth-order valence-electron chi connectivity index (χ4n) is 2.28. The van der Waals surface area contributed by atoms with Gasteiger partial charge in [0.05, 0.1) is 12.1 Å². The average Bonchev–Trinajstić information content (AvgIpc) is 2.68. The first kappa shape index (κ1) is 15.2. The van der Waals surface area contributed by atoms with Crippen LogP contribution in [0.3, 0.4) is 0 Å². The topological polar surface area (TPSA) is 63.7 Å². The second-order valence-electron chi connectivity index (χ2n) is 5.00. The standard InChI is InChI=1S/C17H12ClNO4/c18-12-7-5-11(6-8-12)14(20)9-19-16(21)10-23-15-4-2-1-3-13(15)17(19)22/h1-8H,9-10H2. The van der Waals surface area contributed by atoms with Gasteiger partial charge in [-0.2, -0.15) is 0 Å². The number of halogens is 1. The number of ether oxygens (including phenoxy) is 1. The molecule has 23 heavy (non-hydrogen) atoms. The number of fused-ring (bicyclic) bond motifs is 1. The molecule has 0 saturated carbocycles. The van der Waals surface area contributed by atoms with Crippen molar-refractivity contribution in [2.45, 2.75) is 0 Å². The molecule has 0 saturated heterocycles. The van der Waals surface area contributed by atoms with Gasteiger partial charge >= 0.3 is 0 Å². The van der Waals surface area contributed by atoms with E-state index in [0.717, 1.165) is 4.90 Å². The van der Waals surface area contributed by atoms with Crippen LogP contribution in [0.25, 0.3) is 0 Å². The molecule has 3 rings (SSSR count). The molecule has 2 aromatic carbocycles. The van der Waals surface area contributed by atoms with Gasteiger partial charge in [0.1, 0.15) is 5.75 Å². The number of amides is 2. The lowest BCUT2D eigenvalue weighted by Crippen LogP contribution is -2.41. The zero-order valence-electron chi connectivity index (χ0n) is 12.0. The number of benzene rings is 2. The van der Waals surface area contributed by atoms with E-state index in [1.54, 1.807) is 48.5 Å². The molecule has 5 nitrogen and oxygen atoms in total. The van der Waals surface area contributed by atoms with Crippen LogP contribution < -0.4 is 4.74 Å². The summed E-state index contributed by atoms with van der Waals surface area (Å²) >= 11 is 5.79. The quantitative estimate of drug-likeness (QED) is 0.641. The van der Waals surface area contributed by atoms with Crippen molar-refractivity contribution in [3.05, 3.63) is 64.7 Å². The van der Waals surface area contributed by atoms with Crippen LogP contribution in [-0.2, 0) is 4.79 Å². The van der Waals surface area contributed by atoms with E-state index >= 15 is 0 Å². The minimum absolute atomic E-state index is 0.266. The molecule has 6 heteroatoms. The van der Waals surface area contributed by atoms with Crippen LogP contribution in [0, 0.1) is 0 Å². The minimum atomic E-state index is -0.548. The number of Topliss-reactive ketones (excluding diaryl/α,β-unsaturated/α-hetero) is 1. The summed E-state index contributed by atoms with van der Waals surface area (Å²) in [7, 11) is 0. The molecular formula is C17H12ClNO4. The molecule has 0 fully saturated rings. The highest BCUT2D eigenvalue weighted by Gasteiger charge is 2.31. The van der Waals surface area contributed by atoms with Gasteiger partial charge in [-0.15, -0.1) is 0 Å². The van der Waals surface area contributed by atoms with Crippen LogP contribution in [0.2, 0.25) is 5.02 Å². The number of hydrogen-bond donors (Lipinski definition) is 0. The number of rotatable bonds is 3. The Kier molecular flexibility index (Phi) is 4.12. The van der Waals surface area contributed by atoms with Gasteiger partial charge in [-0.1, -0.05) is 23.7 Å². The number of para-hydroxylation sites is 1. The molecule has 0 aromatic heterocycles. The summed E-state index contributed by atoms with van der Waals surface area (Å²) in [5, 5.41) is 0.505. The highest BCUT2D eigenvalue weighted by atomic mass is 35.5. The van der Waals surface area contributed by atoms with E-state index in [0.29, 0.717) is 16.3 Å². The van der Waals surface area contributed by atoms with Crippen LogP contribution >= 0.6 is 11.6 Å². The van der Waals surface area contributed by atoms with E-state index in [1.807, 2.05) is 0 Å². The SMILES string of the molecule is O=C(CN1C(=O)COc2ccccc2C1=O)c1ccc(Cl)cc1. The second-order valence-corrected chi connectivity index (χ2v) is 5.44. The van der Waals surface area contributed by atoms with Gasteiger partial charge in [-0.05, 0) is 36.4 Å². The number of ketones is 1. The molecule has 1 aliphatic rings. The molecule has 0 radical (unpaired) electrons. The first-order chi connectivity index (χ1) is 11.1. The minimum Gasteiger partial charge on any atom is -0.483 e. The Hall–Kier alpha value is -2.66. The summed E-state index contributed by atoms with van der Waals surface area (Å²) < 4.78 is 5.32. The van der Waals surface area contributed by atoms with Gasteiger partial charge in [0.2, 0.25) is 0 Å². The lowest BCUT2D eigenvalue weighted by atomic mass is 10.1. The van der Waals surface area contributed by atoms with Crippen molar-refractivity contribution < 1.29 is 19.1 Å². The van der Waals surface area contributed by atoms with Crippen molar-refractivity contribution in [1.29, 1.82) is 0 Å². The third-order valence-corrected chi connectivity index (χ3v) is 3.73. The van der Waals surface area contributed by atoms with Crippen molar-refractivity contribution in [2.24, 2.45) is 0 Å². The summed E-state index contributed by atoms with van der Waals surface area (Å²) in [5.41, 5.74) is 0.649. The van der Waals surface area contributed by atoms with Crippen molar-refractivity contribution in [2.75, 3.05) is 13.2 Å². The maximum atomic E-state index is 12.5. The van der Waals surface area contributed by atoms with Crippen LogP contribution in [0.1, 0.15) is 20.7 Å². The van der Waals surface area contributed by atoms with Crippen molar-refractivity contribution >= 4 is 29.2 Å². The van der Waals surface area contributed by atoms with Gasteiger partial charge in [-0.25, -0.2) is 0 Å². The van der Waals surface area contributed by atoms with E-state index in [1.165, 1.54) is 0 Å². The number of imide groups is 1. The molecule has 1 aliphatic heterocycles. The molecule has 0 aliphatic carbocycles. The fourth-order valence-corrected chi connectivity index (χ4v) is 2.40. The molecular weight excluding hydrogens is 318 g/mol. The van der Waals surface area contributed by atoms with Gasteiger partial charge < -0.3 is 4.74 Å². The summed E-state index contributed by atoms with van der Waals surface area (Å²) in [4.78, 5) is 37.9. The molecule has 2 amide bonds. The normalized spacial score (nSPS) is 14.0. The summed E-state index contributed by atoms with van der Waals surface area (Å²) in [6.07, 6.45) is 0. The predicted molar refractivity (Wildman–Crippen MR) is 83.8 cm³/mol. The molecule has 1 heterocycles. The Labute approximate surface area is 137 Å². The van der Waals surface area contributed by atoms with Gasteiger partial charge in [0.15, 0.2) is 12.4 Å². The van der Waals surface area contributed by atoms with Crippen molar-refractivity contribution in [3.8, 4) is 5.75 Å². The molecule has 2 aromatic rings.